The van der Waals surface area contributed by atoms with Crippen LogP contribution < -0.4 is 4.90 Å². The van der Waals surface area contributed by atoms with Crippen molar-refractivity contribution in [3.63, 3.8) is 0 Å². The van der Waals surface area contributed by atoms with Gasteiger partial charge < -0.3 is 14.9 Å². The first-order valence-electron chi connectivity index (χ1n) is 9.26. The highest BCUT2D eigenvalue weighted by atomic mass is 35.5. The molecule has 1 aliphatic rings. The van der Waals surface area contributed by atoms with Gasteiger partial charge in [0.15, 0.2) is 0 Å². The van der Waals surface area contributed by atoms with Gasteiger partial charge in [-0.05, 0) is 62.2 Å². The van der Waals surface area contributed by atoms with Gasteiger partial charge in [0.1, 0.15) is 0 Å². The van der Waals surface area contributed by atoms with Gasteiger partial charge in [0.2, 0.25) is 0 Å². The fraction of sp³-hybridized carbons (Fsp3) is 0.318. The summed E-state index contributed by atoms with van der Waals surface area (Å²) in [6.07, 6.45) is 5.89. The number of nitrogens with zero attached hydrogens (tertiary/aromatic N) is 2. The Morgan fingerprint density at radius 2 is 1.89 bits per heavy atom. The van der Waals surface area contributed by atoms with Crippen molar-refractivity contribution < 1.29 is 9.90 Å². The van der Waals surface area contributed by atoms with Crippen LogP contribution >= 0.6 is 24.0 Å². The second-order valence-electron chi connectivity index (χ2n) is 6.91. The number of carboxylic acid groups (broad SMARTS) is 1. The standard InChI is InChI=1S/C22H25ClN2O2.ClH/c1-24(13-4-8-22(26)27)14-5-15-25-20-7-3-2-6-17(20)9-10-18-11-12-19(23)16-21(18)25;/h2-4,6-8,11-12,16H,5,9-10,13-15H2,1H3,(H,26,27);1H/b8-4+;. The van der Waals surface area contributed by atoms with Crippen molar-refractivity contribution in [1.29, 1.82) is 0 Å². The Kier molecular flexibility index (Phi) is 8.36. The van der Waals surface area contributed by atoms with E-state index in [-0.39, 0.29) is 12.4 Å². The van der Waals surface area contributed by atoms with E-state index in [4.69, 9.17) is 16.7 Å². The van der Waals surface area contributed by atoms with Gasteiger partial charge in [0.25, 0.3) is 0 Å². The monoisotopic (exact) mass is 420 g/mol. The quantitative estimate of drug-likeness (QED) is 0.642. The predicted octanol–water partition coefficient (Wildman–Crippen LogP) is 4.96. The van der Waals surface area contributed by atoms with Crippen molar-refractivity contribution in [2.75, 3.05) is 31.6 Å². The highest BCUT2D eigenvalue weighted by Gasteiger charge is 2.20. The van der Waals surface area contributed by atoms with Crippen molar-refractivity contribution in [2.24, 2.45) is 0 Å². The lowest BCUT2D eigenvalue weighted by Gasteiger charge is -2.28. The first kappa shape index (κ1) is 22.3. The van der Waals surface area contributed by atoms with Gasteiger partial charge in [-0.25, -0.2) is 4.79 Å². The topological polar surface area (TPSA) is 43.8 Å². The Morgan fingerprint density at radius 3 is 2.64 bits per heavy atom. The van der Waals surface area contributed by atoms with Crippen molar-refractivity contribution in [3.05, 3.63) is 70.8 Å². The van der Waals surface area contributed by atoms with Crippen LogP contribution in [0.4, 0.5) is 11.4 Å². The minimum Gasteiger partial charge on any atom is -0.478 e. The van der Waals surface area contributed by atoms with E-state index < -0.39 is 5.97 Å². The largest absolute Gasteiger partial charge is 0.478 e. The second kappa shape index (κ2) is 10.5. The molecule has 0 spiro atoms. The van der Waals surface area contributed by atoms with Crippen LogP contribution in [-0.4, -0.2) is 42.7 Å². The molecule has 6 heteroatoms. The molecule has 1 aliphatic heterocycles. The molecular formula is C22H26Cl2N2O2. The maximum absolute atomic E-state index is 10.6. The number of aryl methyl sites for hydroxylation is 2. The van der Waals surface area contributed by atoms with Crippen molar-refractivity contribution >= 4 is 41.4 Å². The molecule has 0 radical (unpaired) electrons. The average molecular weight is 421 g/mol. The number of hydrogen-bond donors (Lipinski definition) is 1. The van der Waals surface area contributed by atoms with Gasteiger partial charge in [0, 0.05) is 35.6 Å². The molecule has 3 rings (SSSR count). The number of carbonyl (C=O) groups is 1. The lowest BCUT2D eigenvalue weighted by atomic mass is 10.0. The molecule has 0 aromatic heterocycles. The number of halogens is 2. The highest BCUT2D eigenvalue weighted by Crippen LogP contribution is 2.37. The molecular weight excluding hydrogens is 395 g/mol. The summed E-state index contributed by atoms with van der Waals surface area (Å²) in [5.74, 6) is -0.905. The van der Waals surface area contributed by atoms with Crippen molar-refractivity contribution in [3.8, 4) is 0 Å². The molecule has 1 N–H and O–H groups in total. The van der Waals surface area contributed by atoms with E-state index in [1.165, 1.54) is 28.6 Å². The van der Waals surface area contributed by atoms with Crippen LogP contribution in [0.25, 0.3) is 0 Å². The average Bonchev–Trinajstić information content (AvgIpc) is 2.79. The van der Waals surface area contributed by atoms with Crippen LogP contribution in [0, 0.1) is 0 Å². The Labute approximate surface area is 177 Å². The fourth-order valence-corrected chi connectivity index (χ4v) is 3.72. The fourth-order valence-electron chi connectivity index (χ4n) is 3.55. The van der Waals surface area contributed by atoms with Gasteiger partial charge in [-0.2, -0.15) is 0 Å². The summed E-state index contributed by atoms with van der Waals surface area (Å²) in [6, 6.07) is 14.8. The summed E-state index contributed by atoms with van der Waals surface area (Å²) >= 11 is 6.30. The second-order valence-corrected chi connectivity index (χ2v) is 7.35. The van der Waals surface area contributed by atoms with E-state index in [0.29, 0.717) is 6.54 Å². The van der Waals surface area contributed by atoms with Gasteiger partial charge in [0.05, 0.1) is 0 Å². The molecule has 0 fully saturated rings. The van der Waals surface area contributed by atoms with Crippen molar-refractivity contribution in [1.82, 2.24) is 4.90 Å². The van der Waals surface area contributed by atoms with Crippen LogP contribution in [0.2, 0.25) is 5.02 Å². The smallest absolute Gasteiger partial charge is 0.328 e. The Hall–Kier alpha value is -2.01. The minimum absolute atomic E-state index is 0. The number of likely N-dealkylation sites (N-methyl/N-ethyl adjacent to an activating group) is 1. The van der Waals surface area contributed by atoms with E-state index in [1.54, 1.807) is 6.08 Å². The zero-order valence-electron chi connectivity index (χ0n) is 16.0. The first-order valence-corrected chi connectivity index (χ1v) is 9.64. The number of aliphatic carboxylic acids is 1. The van der Waals surface area contributed by atoms with E-state index >= 15 is 0 Å². The molecule has 1 heterocycles. The molecule has 150 valence electrons. The summed E-state index contributed by atoms with van der Waals surface area (Å²) in [7, 11) is 2.01. The van der Waals surface area contributed by atoms with Crippen LogP contribution in [-0.2, 0) is 17.6 Å². The van der Waals surface area contributed by atoms with E-state index in [9.17, 15) is 4.79 Å². The Balaban J connectivity index is 0.00000280. The van der Waals surface area contributed by atoms with Gasteiger partial charge in [-0.3, -0.25) is 0 Å². The zero-order valence-corrected chi connectivity index (χ0v) is 17.5. The predicted molar refractivity (Wildman–Crippen MR) is 118 cm³/mol. The maximum Gasteiger partial charge on any atom is 0.328 e. The van der Waals surface area contributed by atoms with Gasteiger partial charge in [-0.15, -0.1) is 12.4 Å². The third kappa shape index (κ3) is 5.74. The van der Waals surface area contributed by atoms with Crippen molar-refractivity contribution in [2.45, 2.75) is 19.3 Å². The maximum atomic E-state index is 10.6. The summed E-state index contributed by atoms with van der Waals surface area (Å²) in [5, 5.41) is 9.44. The van der Waals surface area contributed by atoms with Gasteiger partial charge in [-0.1, -0.05) is 41.9 Å². The number of para-hydroxylation sites is 1. The number of fused-ring (bicyclic) bond motifs is 2. The zero-order chi connectivity index (χ0) is 19.2. The molecule has 0 saturated carbocycles. The molecule has 2 aromatic carbocycles. The molecule has 2 aromatic rings. The van der Waals surface area contributed by atoms with E-state index in [1.807, 2.05) is 13.1 Å². The lowest BCUT2D eigenvalue weighted by Crippen LogP contribution is -2.26. The number of benzene rings is 2. The summed E-state index contributed by atoms with van der Waals surface area (Å²) in [4.78, 5) is 15.1. The number of carboxylic acids is 1. The number of anilines is 2. The molecule has 0 atom stereocenters. The third-order valence-corrected chi connectivity index (χ3v) is 5.12. The summed E-state index contributed by atoms with van der Waals surface area (Å²) in [5.41, 5.74) is 5.14. The first-order chi connectivity index (χ1) is 13.0. The highest BCUT2D eigenvalue weighted by molar-refractivity contribution is 6.30. The van der Waals surface area contributed by atoms with Crippen LogP contribution in [0.3, 0.4) is 0 Å². The molecule has 0 unspecified atom stereocenters. The molecule has 0 bridgehead atoms. The van der Waals surface area contributed by atoms with Crippen LogP contribution in [0.1, 0.15) is 17.5 Å². The molecule has 0 amide bonds. The van der Waals surface area contributed by atoms with E-state index in [0.717, 1.165) is 37.4 Å². The number of rotatable bonds is 7. The normalized spacial score (nSPS) is 13.0. The number of hydrogen-bond acceptors (Lipinski definition) is 3. The Morgan fingerprint density at radius 1 is 1.18 bits per heavy atom. The molecule has 4 nitrogen and oxygen atoms in total. The third-order valence-electron chi connectivity index (χ3n) is 4.88. The lowest BCUT2D eigenvalue weighted by molar-refractivity contribution is -0.131. The summed E-state index contributed by atoms with van der Waals surface area (Å²) in [6.45, 7) is 2.40. The minimum atomic E-state index is -0.905. The molecule has 28 heavy (non-hydrogen) atoms. The van der Waals surface area contributed by atoms with Gasteiger partial charge >= 0.3 is 5.97 Å². The molecule has 0 saturated heterocycles. The Bertz CT molecular complexity index is 839. The van der Waals surface area contributed by atoms with Crippen LogP contribution in [0.15, 0.2) is 54.6 Å². The molecule has 0 aliphatic carbocycles. The summed E-state index contributed by atoms with van der Waals surface area (Å²) < 4.78 is 0. The van der Waals surface area contributed by atoms with Crippen LogP contribution in [0.5, 0.6) is 0 Å². The SMILES string of the molecule is CN(C/C=C/C(=O)O)CCCN1c2ccccc2CCc2ccc(Cl)cc21.Cl. The van der Waals surface area contributed by atoms with E-state index in [2.05, 4.69) is 46.2 Å².